The largest absolute Gasteiger partial charge is 0.462 e. The Morgan fingerprint density at radius 1 is 1.36 bits per heavy atom. The van der Waals surface area contributed by atoms with E-state index >= 15 is 0 Å². The number of aromatic nitrogens is 2. The quantitative estimate of drug-likeness (QED) is 0.632. The summed E-state index contributed by atoms with van der Waals surface area (Å²) in [5, 5.41) is 3.75. The molecule has 0 radical (unpaired) electrons. The van der Waals surface area contributed by atoms with Gasteiger partial charge >= 0.3 is 12.1 Å². The Balaban J connectivity index is 2.65. The van der Waals surface area contributed by atoms with Crippen molar-refractivity contribution in [3.05, 3.63) is 41.7 Å². The molecule has 1 aromatic carbocycles. The molecule has 1 heterocycles. The topological polar surface area (TPSA) is 44.1 Å². The predicted octanol–water partition coefficient (Wildman–Crippen LogP) is 3.79. The molecule has 0 unspecified atom stereocenters. The van der Waals surface area contributed by atoms with E-state index in [1.54, 1.807) is 24.5 Å². The minimum Gasteiger partial charge on any atom is -0.462 e. The number of alkyl halides is 3. The van der Waals surface area contributed by atoms with Crippen LogP contribution in [0.25, 0.3) is 5.69 Å². The number of benzene rings is 1. The minimum atomic E-state index is -4.73. The first kappa shape index (κ1) is 16.4. The molecule has 0 saturated carbocycles. The van der Waals surface area contributed by atoms with Gasteiger partial charge in [0.2, 0.25) is 0 Å². The van der Waals surface area contributed by atoms with E-state index in [-0.39, 0.29) is 12.3 Å². The normalized spacial score (nSPS) is 11.5. The Morgan fingerprint density at radius 3 is 2.64 bits per heavy atom. The molecule has 0 aliphatic rings. The van der Waals surface area contributed by atoms with Crippen molar-refractivity contribution >= 4 is 17.7 Å². The second-order valence-corrected chi connectivity index (χ2v) is 5.06. The van der Waals surface area contributed by atoms with E-state index in [2.05, 4.69) is 9.84 Å². The average molecular weight is 330 g/mol. The van der Waals surface area contributed by atoms with Crippen LogP contribution < -0.4 is 0 Å². The van der Waals surface area contributed by atoms with E-state index in [0.717, 1.165) is 10.9 Å². The molecule has 0 aliphatic carbocycles. The van der Waals surface area contributed by atoms with Gasteiger partial charge in [0.05, 0.1) is 18.5 Å². The molecule has 0 fully saturated rings. The Kier molecular flexibility index (Phi) is 4.80. The molecule has 0 aliphatic heterocycles. The number of thioether (sulfide) groups is 1. The molecule has 0 spiro atoms. The van der Waals surface area contributed by atoms with Crippen molar-refractivity contribution in [1.29, 1.82) is 0 Å². The lowest BCUT2D eigenvalue weighted by molar-refractivity contribution is -0.143. The van der Waals surface area contributed by atoms with Crippen LogP contribution in [0.3, 0.4) is 0 Å². The van der Waals surface area contributed by atoms with Crippen LogP contribution in [-0.4, -0.2) is 28.6 Å². The van der Waals surface area contributed by atoms with Crippen LogP contribution in [0, 0.1) is 0 Å². The van der Waals surface area contributed by atoms with Crippen molar-refractivity contribution in [2.24, 2.45) is 0 Å². The van der Waals surface area contributed by atoms with Gasteiger partial charge in [0.15, 0.2) is 5.69 Å². The van der Waals surface area contributed by atoms with Gasteiger partial charge in [-0.25, -0.2) is 9.48 Å². The zero-order chi connectivity index (χ0) is 16.3. The highest BCUT2D eigenvalue weighted by molar-refractivity contribution is 7.98. The fraction of sp³-hybridized carbons (Fsp3) is 0.286. The summed E-state index contributed by atoms with van der Waals surface area (Å²) in [7, 11) is 0. The molecular weight excluding hydrogens is 317 g/mol. The molecule has 118 valence electrons. The maximum Gasteiger partial charge on any atom is 0.434 e. The lowest BCUT2D eigenvalue weighted by atomic mass is 10.2. The fourth-order valence-electron chi connectivity index (χ4n) is 1.97. The van der Waals surface area contributed by atoms with Crippen molar-refractivity contribution in [2.45, 2.75) is 18.0 Å². The van der Waals surface area contributed by atoms with Gasteiger partial charge in [0.1, 0.15) is 5.56 Å². The van der Waals surface area contributed by atoms with Gasteiger partial charge in [-0.3, -0.25) is 0 Å². The van der Waals surface area contributed by atoms with Gasteiger partial charge in [-0.2, -0.15) is 18.3 Å². The first-order chi connectivity index (χ1) is 10.4. The van der Waals surface area contributed by atoms with Crippen molar-refractivity contribution < 1.29 is 22.7 Å². The first-order valence-corrected chi connectivity index (χ1v) is 7.58. The van der Waals surface area contributed by atoms with Gasteiger partial charge in [0, 0.05) is 4.90 Å². The van der Waals surface area contributed by atoms with Crippen LogP contribution >= 0.6 is 11.8 Å². The highest BCUT2D eigenvalue weighted by atomic mass is 32.2. The van der Waals surface area contributed by atoms with Gasteiger partial charge in [-0.15, -0.1) is 11.8 Å². The Hall–Kier alpha value is -1.96. The molecule has 8 heteroatoms. The molecule has 22 heavy (non-hydrogen) atoms. The van der Waals surface area contributed by atoms with Gasteiger partial charge in [0.25, 0.3) is 0 Å². The van der Waals surface area contributed by atoms with Gasteiger partial charge in [-0.05, 0) is 25.3 Å². The summed E-state index contributed by atoms with van der Waals surface area (Å²) in [4.78, 5) is 12.3. The zero-order valence-electron chi connectivity index (χ0n) is 11.8. The molecule has 2 aromatic rings. The number of halogens is 3. The molecule has 2 rings (SSSR count). The SMILES string of the molecule is CCOC(=O)c1cnn(-c2ccccc2SC)c1C(F)(F)F. The number of esters is 1. The number of carbonyl (C=O) groups excluding carboxylic acids is 1. The standard InChI is InChI=1S/C14H13F3N2O2S/c1-3-21-13(20)9-8-18-19(12(9)14(15,16)17)10-6-4-5-7-11(10)22-2/h4-8H,3H2,1-2H3. The van der Waals surface area contributed by atoms with Crippen LogP contribution in [0.2, 0.25) is 0 Å². The zero-order valence-corrected chi connectivity index (χ0v) is 12.7. The number of carbonyl (C=O) groups is 1. The molecule has 1 aromatic heterocycles. The maximum atomic E-state index is 13.4. The summed E-state index contributed by atoms with van der Waals surface area (Å²) in [6, 6.07) is 6.54. The average Bonchev–Trinajstić information content (AvgIpc) is 2.92. The lowest BCUT2D eigenvalue weighted by Crippen LogP contribution is -2.18. The number of ether oxygens (including phenoxy) is 1. The van der Waals surface area contributed by atoms with Crippen molar-refractivity contribution in [1.82, 2.24) is 9.78 Å². The van der Waals surface area contributed by atoms with Crippen LogP contribution in [0.1, 0.15) is 23.0 Å². The number of para-hydroxylation sites is 1. The maximum absolute atomic E-state index is 13.4. The van der Waals surface area contributed by atoms with Crippen LogP contribution in [0.15, 0.2) is 35.4 Å². The highest BCUT2D eigenvalue weighted by Gasteiger charge is 2.41. The molecule has 0 amide bonds. The molecule has 0 atom stereocenters. The summed E-state index contributed by atoms with van der Waals surface area (Å²) in [5.41, 5.74) is -1.46. The summed E-state index contributed by atoms with van der Waals surface area (Å²) >= 11 is 1.29. The van der Waals surface area contributed by atoms with E-state index in [9.17, 15) is 18.0 Å². The van der Waals surface area contributed by atoms with Crippen LogP contribution in [0.4, 0.5) is 13.2 Å². The summed E-state index contributed by atoms with van der Waals surface area (Å²) < 4.78 is 45.6. The summed E-state index contributed by atoms with van der Waals surface area (Å²) in [5.74, 6) is -1.04. The third-order valence-corrected chi connectivity index (χ3v) is 3.63. The van der Waals surface area contributed by atoms with Gasteiger partial charge in [-0.1, -0.05) is 12.1 Å². The predicted molar refractivity (Wildman–Crippen MR) is 76.3 cm³/mol. The second kappa shape index (κ2) is 6.43. The minimum absolute atomic E-state index is 0.0112. The second-order valence-electron chi connectivity index (χ2n) is 4.21. The van der Waals surface area contributed by atoms with Crippen LogP contribution in [0.5, 0.6) is 0 Å². The van der Waals surface area contributed by atoms with E-state index in [0.29, 0.717) is 4.90 Å². The van der Waals surface area contributed by atoms with E-state index in [1.165, 1.54) is 24.8 Å². The van der Waals surface area contributed by atoms with E-state index < -0.39 is 23.4 Å². The summed E-state index contributed by atoms with van der Waals surface area (Å²) in [6.45, 7) is 1.52. The molecular formula is C14H13F3N2O2S. The molecule has 4 nitrogen and oxygen atoms in total. The number of hydrogen-bond donors (Lipinski definition) is 0. The lowest BCUT2D eigenvalue weighted by Gasteiger charge is -2.14. The van der Waals surface area contributed by atoms with Crippen molar-refractivity contribution in [2.75, 3.05) is 12.9 Å². The smallest absolute Gasteiger partial charge is 0.434 e. The Labute approximate surface area is 129 Å². The third-order valence-electron chi connectivity index (χ3n) is 2.85. The molecule has 0 N–H and O–H groups in total. The Morgan fingerprint density at radius 2 is 2.05 bits per heavy atom. The number of hydrogen-bond acceptors (Lipinski definition) is 4. The number of nitrogens with zero attached hydrogens (tertiary/aromatic N) is 2. The summed E-state index contributed by atoms with van der Waals surface area (Å²) in [6.07, 6.45) is -2.09. The Bertz CT molecular complexity index is 683. The first-order valence-electron chi connectivity index (χ1n) is 6.35. The van der Waals surface area contributed by atoms with E-state index in [4.69, 9.17) is 0 Å². The van der Waals surface area contributed by atoms with E-state index in [1.807, 2.05) is 0 Å². The van der Waals surface area contributed by atoms with Crippen molar-refractivity contribution in [3.63, 3.8) is 0 Å². The number of rotatable bonds is 4. The monoisotopic (exact) mass is 330 g/mol. The van der Waals surface area contributed by atoms with Crippen LogP contribution in [-0.2, 0) is 10.9 Å². The van der Waals surface area contributed by atoms with Crippen molar-refractivity contribution in [3.8, 4) is 5.69 Å². The van der Waals surface area contributed by atoms with Gasteiger partial charge < -0.3 is 4.74 Å². The molecule has 0 bridgehead atoms. The molecule has 0 saturated heterocycles. The fourth-order valence-corrected chi connectivity index (χ4v) is 2.55. The third kappa shape index (κ3) is 3.11. The highest BCUT2D eigenvalue weighted by Crippen LogP contribution is 2.35.